The van der Waals surface area contributed by atoms with Gasteiger partial charge in [-0.2, -0.15) is 4.98 Å². The molecule has 0 saturated carbocycles. The number of benzene rings is 1. The van der Waals surface area contributed by atoms with Gasteiger partial charge in [0.15, 0.2) is 5.79 Å². The van der Waals surface area contributed by atoms with Crippen LogP contribution in [0.4, 0.5) is 10.2 Å². The Morgan fingerprint density at radius 1 is 1.00 bits per heavy atom. The minimum atomic E-state index is -0.395. The van der Waals surface area contributed by atoms with Crippen LogP contribution in [0.3, 0.4) is 0 Å². The normalized spacial score (nSPS) is 18.7. The highest BCUT2D eigenvalue weighted by Crippen LogP contribution is 2.33. The number of ether oxygens (including phenoxy) is 2. The second-order valence-electron chi connectivity index (χ2n) is 6.93. The van der Waals surface area contributed by atoms with Crippen LogP contribution < -0.4 is 4.90 Å². The van der Waals surface area contributed by atoms with Gasteiger partial charge in [-0.25, -0.2) is 9.37 Å². The number of aromatic nitrogens is 3. The highest BCUT2D eigenvalue weighted by Gasteiger charge is 2.40. The summed E-state index contributed by atoms with van der Waals surface area (Å²) < 4.78 is 30.2. The van der Waals surface area contributed by atoms with Crippen LogP contribution in [0.1, 0.15) is 12.8 Å². The molecule has 1 aromatic carbocycles. The molecule has 2 aromatic heterocycles. The van der Waals surface area contributed by atoms with Gasteiger partial charge >= 0.3 is 0 Å². The zero-order chi connectivity index (χ0) is 19.0. The molecule has 4 heterocycles. The highest BCUT2D eigenvalue weighted by molar-refractivity contribution is 5.60. The molecule has 0 unspecified atom stereocenters. The Balaban J connectivity index is 1.29. The van der Waals surface area contributed by atoms with E-state index < -0.39 is 5.79 Å². The van der Waals surface area contributed by atoms with Crippen LogP contribution in [0, 0.1) is 5.82 Å². The Kier molecular flexibility index (Phi) is 4.29. The van der Waals surface area contributed by atoms with Gasteiger partial charge in [-0.1, -0.05) is 17.3 Å². The van der Waals surface area contributed by atoms with Crippen molar-refractivity contribution in [1.29, 1.82) is 0 Å². The molecular formula is C20H19FN4O3. The van der Waals surface area contributed by atoms with E-state index in [0.717, 1.165) is 37.3 Å². The van der Waals surface area contributed by atoms with E-state index in [-0.39, 0.29) is 5.82 Å². The third kappa shape index (κ3) is 3.25. The predicted octanol–water partition coefficient (Wildman–Crippen LogP) is 3.28. The standard InChI is InChI=1S/C20H19FN4O3/c21-16-3-1-2-14(12-16)18-23-19(28-24-18)15-4-5-17(22-13-15)25-8-6-20(7-9-25)26-10-11-27-20/h1-5,12-13H,6-11H2. The minimum Gasteiger partial charge on any atom is -0.356 e. The van der Waals surface area contributed by atoms with Crippen LogP contribution in [-0.4, -0.2) is 47.2 Å². The van der Waals surface area contributed by atoms with Crippen LogP contribution >= 0.6 is 0 Å². The number of piperidine rings is 1. The lowest BCUT2D eigenvalue weighted by molar-refractivity contribution is -0.169. The van der Waals surface area contributed by atoms with Gasteiger partial charge in [-0.3, -0.25) is 0 Å². The summed E-state index contributed by atoms with van der Waals surface area (Å²) >= 11 is 0. The van der Waals surface area contributed by atoms with Gasteiger partial charge in [-0.15, -0.1) is 0 Å². The van der Waals surface area contributed by atoms with Crippen molar-refractivity contribution >= 4 is 5.82 Å². The van der Waals surface area contributed by atoms with Crippen LogP contribution in [0.2, 0.25) is 0 Å². The maximum Gasteiger partial charge on any atom is 0.259 e. The molecule has 2 saturated heterocycles. The summed E-state index contributed by atoms with van der Waals surface area (Å²) in [5.41, 5.74) is 1.29. The number of rotatable bonds is 3. The largest absolute Gasteiger partial charge is 0.356 e. The van der Waals surface area contributed by atoms with Crippen molar-refractivity contribution in [3.63, 3.8) is 0 Å². The molecule has 7 nitrogen and oxygen atoms in total. The second kappa shape index (κ2) is 6.96. The first-order valence-corrected chi connectivity index (χ1v) is 9.30. The monoisotopic (exact) mass is 382 g/mol. The Hall–Kier alpha value is -2.84. The molecule has 5 rings (SSSR count). The van der Waals surface area contributed by atoms with E-state index in [9.17, 15) is 4.39 Å². The van der Waals surface area contributed by atoms with Crippen molar-refractivity contribution in [3.8, 4) is 22.8 Å². The minimum absolute atomic E-state index is 0.341. The molecule has 0 radical (unpaired) electrons. The fraction of sp³-hybridized carbons (Fsp3) is 0.350. The molecule has 0 amide bonds. The summed E-state index contributed by atoms with van der Waals surface area (Å²) in [4.78, 5) is 11.1. The predicted molar refractivity (Wildman–Crippen MR) is 99.0 cm³/mol. The maximum absolute atomic E-state index is 13.4. The Morgan fingerprint density at radius 2 is 1.82 bits per heavy atom. The summed E-state index contributed by atoms with van der Waals surface area (Å²) in [7, 11) is 0. The molecule has 3 aromatic rings. The van der Waals surface area contributed by atoms with Crippen molar-refractivity contribution in [3.05, 3.63) is 48.4 Å². The third-order valence-electron chi connectivity index (χ3n) is 5.17. The van der Waals surface area contributed by atoms with Crippen LogP contribution in [0.5, 0.6) is 0 Å². The molecule has 0 bridgehead atoms. The molecule has 144 valence electrons. The molecule has 2 aliphatic heterocycles. The highest BCUT2D eigenvalue weighted by atomic mass is 19.1. The zero-order valence-electron chi connectivity index (χ0n) is 15.2. The van der Waals surface area contributed by atoms with Crippen molar-refractivity contribution in [1.82, 2.24) is 15.1 Å². The fourth-order valence-corrected chi connectivity index (χ4v) is 3.65. The molecule has 2 fully saturated rings. The topological polar surface area (TPSA) is 73.5 Å². The lowest BCUT2D eigenvalue weighted by Crippen LogP contribution is -2.45. The Bertz CT molecular complexity index is 960. The van der Waals surface area contributed by atoms with Gasteiger partial charge in [0.2, 0.25) is 5.82 Å². The average Bonchev–Trinajstić information content (AvgIpc) is 3.39. The number of nitrogens with zero attached hydrogens (tertiary/aromatic N) is 4. The van der Waals surface area contributed by atoms with Gasteiger partial charge in [-0.05, 0) is 24.3 Å². The van der Waals surface area contributed by atoms with Crippen LogP contribution in [0.15, 0.2) is 47.1 Å². The first-order valence-electron chi connectivity index (χ1n) is 9.30. The number of hydrogen-bond acceptors (Lipinski definition) is 7. The summed E-state index contributed by atoms with van der Waals surface area (Å²) in [6.07, 6.45) is 3.37. The molecule has 0 aliphatic carbocycles. The Labute approximate surface area is 161 Å². The molecule has 2 aliphatic rings. The number of anilines is 1. The summed E-state index contributed by atoms with van der Waals surface area (Å²) in [5, 5.41) is 3.94. The van der Waals surface area contributed by atoms with Crippen molar-refractivity contribution in [2.45, 2.75) is 18.6 Å². The molecular weight excluding hydrogens is 363 g/mol. The maximum atomic E-state index is 13.4. The van der Waals surface area contributed by atoms with Crippen LogP contribution in [0.25, 0.3) is 22.8 Å². The quantitative estimate of drug-likeness (QED) is 0.688. The van der Waals surface area contributed by atoms with E-state index in [1.807, 2.05) is 12.1 Å². The summed E-state index contributed by atoms with van der Waals surface area (Å²) in [6, 6.07) is 9.94. The first kappa shape index (κ1) is 17.3. The zero-order valence-corrected chi connectivity index (χ0v) is 15.2. The molecule has 8 heteroatoms. The van der Waals surface area contributed by atoms with E-state index in [1.165, 1.54) is 12.1 Å². The number of pyridine rings is 1. The van der Waals surface area contributed by atoms with Gasteiger partial charge in [0.05, 0.1) is 18.8 Å². The second-order valence-corrected chi connectivity index (χ2v) is 6.93. The van der Waals surface area contributed by atoms with Gasteiger partial charge in [0.1, 0.15) is 11.6 Å². The number of hydrogen-bond donors (Lipinski definition) is 0. The van der Waals surface area contributed by atoms with Crippen molar-refractivity contribution in [2.24, 2.45) is 0 Å². The summed E-state index contributed by atoms with van der Waals surface area (Å²) in [5.74, 6) is 0.848. The lowest BCUT2D eigenvalue weighted by Gasteiger charge is -2.38. The van der Waals surface area contributed by atoms with Gasteiger partial charge in [0.25, 0.3) is 5.89 Å². The van der Waals surface area contributed by atoms with E-state index in [4.69, 9.17) is 14.0 Å². The van der Waals surface area contributed by atoms with E-state index in [0.29, 0.717) is 30.5 Å². The molecule has 1 spiro atoms. The number of halogens is 1. The van der Waals surface area contributed by atoms with E-state index in [2.05, 4.69) is 20.0 Å². The SMILES string of the molecule is Fc1cccc(-c2noc(-c3ccc(N4CCC5(CC4)OCCO5)nc3)n2)c1. The molecule has 28 heavy (non-hydrogen) atoms. The van der Waals surface area contributed by atoms with E-state index in [1.54, 1.807) is 18.3 Å². The molecule has 0 atom stereocenters. The van der Waals surface area contributed by atoms with Gasteiger partial charge in [0, 0.05) is 37.7 Å². The lowest BCUT2D eigenvalue weighted by atomic mass is 10.0. The average molecular weight is 382 g/mol. The van der Waals surface area contributed by atoms with Crippen molar-refractivity contribution in [2.75, 3.05) is 31.2 Å². The third-order valence-corrected chi connectivity index (χ3v) is 5.17. The molecule has 0 N–H and O–H groups in total. The van der Waals surface area contributed by atoms with Crippen LogP contribution in [-0.2, 0) is 9.47 Å². The summed E-state index contributed by atoms with van der Waals surface area (Å²) in [6.45, 7) is 3.01. The smallest absolute Gasteiger partial charge is 0.259 e. The van der Waals surface area contributed by atoms with Crippen molar-refractivity contribution < 1.29 is 18.4 Å². The van der Waals surface area contributed by atoms with Gasteiger partial charge < -0.3 is 18.9 Å². The Morgan fingerprint density at radius 3 is 2.54 bits per heavy atom. The fourth-order valence-electron chi connectivity index (χ4n) is 3.65. The van der Waals surface area contributed by atoms with E-state index >= 15 is 0 Å². The first-order chi connectivity index (χ1) is 13.7.